The molecule has 0 aromatic carbocycles. The van der Waals surface area contributed by atoms with Gasteiger partial charge in [0.25, 0.3) is 0 Å². The van der Waals surface area contributed by atoms with Gasteiger partial charge in [-0.25, -0.2) is 0 Å². The summed E-state index contributed by atoms with van der Waals surface area (Å²) in [5.41, 5.74) is -0.907. The highest BCUT2D eigenvalue weighted by Gasteiger charge is 2.34. The molecule has 0 aliphatic rings. The van der Waals surface area contributed by atoms with E-state index in [2.05, 4.69) is 4.42 Å². The fourth-order valence-corrected chi connectivity index (χ4v) is 0.672. The second-order valence-corrected chi connectivity index (χ2v) is 2.13. The molecular formula is C7H2F3NO2. The minimum Gasteiger partial charge on any atom is -0.441 e. The van der Waals surface area contributed by atoms with Gasteiger partial charge < -0.3 is 4.42 Å². The number of hydrogen-bond acceptors (Lipinski definition) is 3. The molecule has 0 spiro atoms. The summed E-state index contributed by atoms with van der Waals surface area (Å²) in [6.07, 6.45) is -4.74. The van der Waals surface area contributed by atoms with E-state index >= 15 is 0 Å². The first-order chi connectivity index (χ1) is 5.93. The third-order valence-corrected chi connectivity index (χ3v) is 1.16. The van der Waals surface area contributed by atoms with Gasteiger partial charge in [0, 0.05) is 12.1 Å². The number of rotatable bonds is 0. The number of nitrogens with zero attached hydrogens (tertiary/aromatic N) is 1. The topological polar surface area (TPSA) is 54.0 Å². The van der Waals surface area contributed by atoms with Crippen LogP contribution in [0.3, 0.4) is 0 Å². The quantitative estimate of drug-likeness (QED) is 0.621. The Morgan fingerprint density at radius 1 is 1.38 bits per heavy atom. The van der Waals surface area contributed by atoms with Crippen molar-refractivity contribution in [2.75, 3.05) is 0 Å². The Morgan fingerprint density at radius 3 is 2.46 bits per heavy atom. The van der Waals surface area contributed by atoms with Crippen LogP contribution in [0.2, 0.25) is 0 Å². The number of alkyl halides is 3. The molecule has 0 saturated heterocycles. The van der Waals surface area contributed by atoms with E-state index in [1.165, 1.54) is 6.07 Å². The minimum absolute atomic E-state index is 0.292. The Balaban J connectivity index is 3.35. The van der Waals surface area contributed by atoms with E-state index in [4.69, 9.17) is 5.26 Å². The molecule has 1 rings (SSSR count). The second-order valence-electron chi connectivity index (χ2n) is 2.13. The van der Waals surface area contributed by atoms with Gasteiger partial charge in [-0.15, -0.1) is 0 Å². The van der Waals surface area contributed by atoms with Crippen molar-refractivity contribution >= 4 is 0 Å². The Hall–Kier alpha value is -1.77. The lowest BCUT2D eigenvalue weighted by atomic mass is 10.3. The molecule has 0 aliphatic heterocycles. The zero-order valence-corrected chi connectivity index (χ0v) is 6.05. The summed E-state index contributed by atoms with van der Waals surface area (Å²) < 4.78 is 39.9. The predicted octanol–water partition coefficient (Wildman–Crippen LogP) is 1.53. The highest BCUT2D eigenvalue weighted by atomic mass is 19.4. The molecule has 6 heteroatoms. The van der Waals surface area contributed by atoms with E-state index in [-0.39, 0.29) is 0 Å². The van der Waals surface area contributed by atoms with Gasteiger partial charge in [0.15, 0.2) is 5.43 Å². The molecule has 0 atom stereocenters. The number of nitriles is 1. The molecule has 0 bridgehead atoms. The van der Waals surface area contributed by atoms with E-state index in [1.807, 2.05) is 0 Å². The summed E-state index contributed by atoms with van der Waals surface area (Å²) in [6, 6.07) is 2.30. The van der Waals surface area contributed by atoms with Crippen LogP contribution in [0.1, 0.15) is 11.5 Å². The maximum absolute atomic E-state index is 11.9. The van der Waals surface area contributed by atoms with Crippen LogP contribution in [-0.2, 0) is 6.18 Å². The lowest BCUT2D eigenvalue weighted by Crippen LogP contribution is -2.10. The second kappa shape index (κ2) is 2.94. The summed E-state index contributed by atoms with van der Waals surface area (Å²) in [5.74, 6) is -2.11. The van der Waals surface area contributed by atoms with Crippen molar-refractivity contribution in [2.45, 2.75) is 6.18 Å². The normalized spacial score (nSPS) is 10.9. The summed E-state index contributed by atoms with van der Waals surface area (Å²) in [4.78, 5) is 10.6. The van der Waals surface area contributed by atoms with Crippen molar-refractivity contribution in [1.29, 1.82) is 5.26 Å². The van der Waals surface area contributed by atoms with Crippen LogP contribution in [0.25, 0.3) is 0 Å². The molecule has 0 radical (unpaired) electrons. The Bertz CT molecular complexity index is 413. The molecule has 1 heterocycles. The summed E-state index contributed by atoms with van der Waals surface area (Å²) in [5, 5.41) is 8.20. The van der Waals surface area contributed by atoms with Gasteiger partial charge in [-0.05, 0) is 0 Å². The molecule has 0 saturated carbocycles. The van der Waals surface area contributed by atoms with Gasteiger partial charge >= 0.3 is 6.18 Å². The average Bonchev–Trinajstić information content (AvgIpc) is 2.01. The molecule has 0 amide bonds. The molecule has 13 heavy (non-hydrogen) atoms. The zero-order valence-electron chi connectivity index (χ0n) is 6.05. The highest BCUT2D eigenvalue weighted by molar-refractivity contribution is 5.18. The van der Waals surface area contributed by atoms with E-state index in [0.29, 0.717) is 12.1 Å². The van der Waals surface area contributed by atoms with Crippen LogP contribution in [0.5, 0.6) is 0 Å². The predicted molar refractivity (Wildman–Crippen MR) is 34.7 cm³/mol. The van der Waals surface area contributed by atoms with Gasteiger partial charge in [-0.3, -0.25) is 4.79 Å². The maximum Gasteiger partial charge on any atom is 0.449 e. The molecule has 1 aromatic rings. The molecule has 0 N–H and O–H groups in total. The SMILES string of the molecule is N#Cc1cc(=O)cc(C(F)(F)F)o1. The molecule has 0 fully saturated rings. The van der Waals surface area contributed by atoms with Crippen molar-refractivity contribution in [3.63, 3.8) is 0 Å². The van der Waals surface area contributed by atoms with Gasteiger partial charge in [-0.2, -0.15) is 18.4 Å². The van der Waals surface area contributed by atoms with Gasteiger partial charge in [0.2, 0.25) is 11.5 Å². The molecule has 0 unspecified atom stereocenters. The van der Waals surface area contributed by atoms with E-state index in [0.717, 1.165) is 0 Å². The van der Waals surface area contributed by atoms with Crippen LogP contribution in [0.4, 0.5) is 13.2 Å². The van der Waals surface area contributed by atoms with Crippen molar-refractivity contribution in [1.82, 2.24) is 0 Å². The van der Waals surface area contributed by atoms with Crippen LogP contribution in [-0.4, -0.2) is 0 Å². The molecule has 68 valence electrons. The van der Waals surface area contributed by atoms with Crippen molar-refractivity contribution < 1.29 is 17.6 Å². The molecular weight excluding hydrogens is 187 g/mol. The molecule has 1 aromatic heterocycles. The van der Waals surface area contributed by atoms with Gasteiger partial charge in [0.05, 0.1) is 0 Å². The fourth-order valence-electron chi connectivity index (χ4n) is 0.672. The van der Waals surface area contributed by atoms with Gasteiger partial charge in [0.1, 0.15) is 6.07 Å². The third kappa shape index (κ3) is 2.08. The van der Waals surface area contributed by atoms with Crippen LogP contribution in [0.15, 0.2) is 21.3 Å². The van der Waals surface area contributed by atoms with Crippen molar-refractivity contribution in [2.24, 2.45) is 0 Å². The van der Waals surface area contributed by atoms with Crippen LogP contribution < -0.4 is 5.43 Å². The van der Waals surface area contributed by atoms with E-state index in [9.17, 15) is 18.0 Å². The first-order valence-electron chi connectivity index (χ1n) is 3.06. The van der Waals surface area contributed by atoms with Crippen molar-refractivity contribution in [3.8, 4) is 6.07 Å². The maximum atomic E-state index is 11.9. The highest BCUT2D eigenvalue weighted by Crippen LogP contribution is 2.28. The summed E-state index contributed by atoms with van der Waals surface area (Å²) >= 11 is 0. The summed E-state index contributed by atoms with van der Waals surface area (Å²) in [6.45, 7) is 0. The lowest BCUT2D eigenvalue weighted by Gasteiger charge is -2.03. The average molecular weight is 189 g/mol. The largest absolute Gasteiger partial charge is 0.449 e. The lowest BCUT2D eigenvalue weighted by molar-refractivity contribution is -0.154. The van der Waals surface area contributed by atoms with Crippen molar-refractivity contribution in [3.05, 3.63) is 33.9 Å². The fraction of sp³-hybridized carbons (Fsp3) is 0.143. The van der Waals surface area contributed by atoms with E-state index in [1.54, 1.807) is 0 Å². The monoisotopic (exact) mass is 189 g/mol. The first-order valence-corrected chi connectivity index (χ1v) is 3.06. The van der Waals surface area contributed by atoms with Crippen LogP contribution in [0, 0.1) is 11.3 Å². The van der Waals surface area contributed by atoms with Gasteiger partial charge in [-0.1, -0.05) is 0 Å². The standard InChI is InChI=1S/C7H2F3NO2/c8-7(9,10)6-2-4(12)1-5(3-11)13-6/h1-2H. The van der Waals surface area contributed by atoms with E-state index < -0.39 is 23.1 Å². The smallest absolute Gasteiger partial charge is 0.441 e. The Kier molecular flexibility index (Phi) is 2.10. The minimum atomic E-state index is -4.74. The third-order valence-electron chi connectivity index (χ3n) is 1.16. The van der Waals surface area contributed by atoms with Crippen LogP contribution >= 0.6 is 0 Å². The summed E-state index contributed by atoms with van der Waals surface area (Å²) in [7, 11) is 0. The zero-order chi connectivity index (χ0) is 10.1. The molecule has 0 aliphatic carbocycles. The Labute approximate surface area is 70.0 Å². The number of hydrogen-bond donors (Lipinski definition) is 0. The number of halogens is 3. The first kappa shape index (κ1) is 9.32. The Morgan fingerprint density at radius 2 is 2.00 bits per heavy atom. The molecule has 3 nitrogen and oxygen atoms in total.